The Kier molecular flexibility index (Phi) is 6.63. The molecule has 0 aromatic heterocycles. The van der Waals surface area contributed by atoms with Gasteiger partial charge in [0.05, 0.1) is 13.2 Å². The zero-order chi connectivity index (χ0) is 17.6. The summed E-state index contributed by atoms with van der Waals surface area (Å²) >= 11 is 0. The van der Waals surface area contributed by atoms with Crippen LogP contribution in [-0.4, -0.2) is 62.3 Å². The van der Waals surface area contributed by atoms with Gasteiger partial charge in [-0.3, -0.25) is 4.90 Å². The van der Waals surface area contributed by atoms with Crippen LogP contribution < -0.4 is 5.32 Å². The van der Waals surface area contributed by atoms with E-state index < -0.39 is 0 Å². The van der Waals surface area contributed by atoms with E-state index in [1.54, 1.807) is 4.90 Å². The number of morpholine rings is 1. The summed E-state index contributed by atoms with van der Waals surface area (Å²) < 4.78 is 5.37. The van der Waals surface area contributed by atoms with Crippen molar-refractivity contribution in [1.29, 1.82) is 0 Å². The number of hydrogen-bond donors (Lipinski definition) is 1. The van der Waals surface area contributed by atoms with Gasteiger partial charge < -0.3 is 15.0 Å². The molecule has 5 nitrogen and oxygen atoms in total. The van der Waals surface area contributed by atoms with Gasteiger partial charge in [-0.15, -0.1) is 0 Å². The first-order valence-corrected chi connectivity index (χ1v) is 8.75. The number of anilines is 1. The highest BCUT2D eigenvalue weighted by Crippen LogP contribution is 2.16. The van der Waals surface area contributed by atoms with Crippen molar-refractivity contribution < 1.29 is 9.53 Å². The molecule has 24 heavy (non-hydrogen) atoms. The van der Waals surface area contributed by atoms with Crippen LogP contribution in [0.4, 0.5) is 10.5 Å². The molecule has 134 valence electrons. The molecule has 2 amide bonds. The Balaban J connectivity index is 1.79. The average Bonchev–Trinajstić information content (AvgIpc) is 2.53. The second kappa shape index (κ2) is 8.49. The molecule has 0 unspecified atom stereocenters. The van der Waals surface area contributed by atoms with Gasteiger partial charge in [-0.25, -0.2) is 4.79 Å². The number of nitrogens with zero attached hydrogens (tertiary/aromatic N) is 2. The number of carbonyl (C=O) groups excluding carboxylic acids is 1. The van der Waals surface area contributed by atoms with Gasteiger partial charge in [0, 0.05) is 38.9 Å². The summed E-state index contributed by atoms with van der Waals surface area (Å²) in [5.74, 6) is 0. The van der Waals surface area contributed by atoms with E-state index in [0.29, 0.717) is 0 Å². The number of hydrogen-bond acceptors (Lipinski definition) is 3. The molecule has 1 aliphatic heterocycles. The number of benzene rings is 1. The third kappa shape index (κ3) is 6.49. The van der Waals surface area contributed by atoms with Crippen molar-refractivity contribution in [3.63, 3.8) is 0 Å². The molecule has 1 aliphatic rings. The molecular weight excluding hydrogens is 302 g/mol. The molecule has 0 atom stereocenters. The summed E-state index contributed by atoms with van der Waals surface area (Å²) in [4.78, 5) is 16.4. The molecule has 1 heterocycles. The number of urea groups is 1. The van der Waals surface area contributed by atoms with Crippen molar-refractivity contribution in [2.45, 2.75) is 27.2 Å². The van der Waals surface area contributed by atoms with Gasteiger partial charge >= 0.3 is 6.03 Å². The first-order valence-electron chi connectivity index (χ1n) is 8.75. The molecule has 2 rings (SSSR count). The molecule has 0 aliphatic carbocycles. The van der Waals surface area contributed by atoms with E-state index in [1.165, 1.54) is 5.56 Å². The maximum Gasteiger partial charge on any atom is 0.321 e. The Hall–Kier alpha value is -1.59. The van der Waals surface area contributed by atoms with E-state index in [1.807, 2.05) is 19.2 Å². The molecule has 0 bridgehead atoms. The number of nitrogens with one attached hydrogen (secondary N) is 1. The van der Waals surface area contributed by atoms with Crippen molar-refractivity contribution >= 4 is 11.7 Å². The van der Waals surface area contributed by atoms with Gasteiger partial charge in [-0.2, -0.15) is 0 Å². The second-order valence-corrected chi connectivity index (χ2v) is 7.75. The monoisotopic (exact) mass is 333 g/mol. The number of carbonyl (C=O) groups is 1. The molecule has 5 heteroatoms. The van der Waals surface area contributed by atoms with E-state index >= 15 is 0 Å². The summed E-state index contributed by atoms with van der Waals surface area (Å²) in [5, 5.41) is 2.96. The minimum absolute atomic E-state index is 0.0639. The molecule has 0 saturated carbocycles. The van der Waals surface area contributed by atoms with Crippen LogP contribution in [-0.2, 0) is 11.2 Å². The molecule has 0 radical (unpaired) electrons. The number of rotatable bonds is 5. The van der Waals surface area contributed by atoms with Crippen LogP contribution in [0.2, 0.25) is 0 Å². The van der Waals surface area contributed by atoms with Crippen LogP contribution in [0.25, 0.3) is 0 Å². The van der Waals surface area contributed by atoms with Crippen LogP contribution in [0.5, 0.6) is 0 Å². The number of ether oxygens (including phenoxy) is 1. The van der Waals surface area contributed by atoms with E-state index in [9.17, 15) is 4.79 Å². The van der Waals surface area contributed by atoms with Crippen molar-refractivity contribution in [2.24, 2.45) is 5.41 Å². The standard InChI is InChI=1S/C19H31N3O2/c1-19(2,3)15-21(4)18(23)20-17-7-5-16(6-8-17)9-10-22-11-13-24-14-12-22/h5-8H,9-15H2,1-4H3,(H,20,23). The van der Waals surface area contributed by atoms with Crippen molar-refractivity contribution in [1.82, 2.24) is 9.80 Å². The normalized spacial score (nSPS) is 16.0. The summed E-state index contributed by atoms with van der Waals surface area (Å²) in [6, 6.07) is 8.10. The van der Waals surface area contributed by atoms with Gasteiger partial charge in [0.2, 0.25) is 0 Å². The lowest BCUT2D eigenvalue weighted by atomic mass is 9.96. The molecule has 1 saturated heterocycles. The average molecular weight is 333 g/mol. The first-order chi connectivity index (χ1) is 11.3. The van der Waals surface area contributed by atoms with Gasteiger partial charge in [-0.05, 0) is 29.5 Å². The summed E-state index contributed by atoms with van der Waals surface area (Å²) in [5.41, 5.74) is 2.23. The summed E-state index contributed by atoms with van der Waals surface area (Å²) in [6.45, 7) is 11.9. The van der Waals surface area contributed by atoms with Crippen molar-refractivity contribution in [2.75, 3.05) is 51.8 Å². The topological polar surface area (TPSA) is 44.8 Å². The summed E-state index contributed by atoms with van der Waals surface area (Å²) in [7, 11) is 1.83. The van der Waals surface area contributed by atoms with E-state index in [2.05, 4.69) is 43.1 Å². The highest BCUT2D eigenvalue weighted by Gasteiger charge is 2.17. The fraction of sp³-hybridized carbons (Fsp3) is 0.632. The van der Waals surface area contributed by atoms with Gasteiger partial charge in [0.15, 0.2) is 0 Å². The Bertz CT molecular complexity index is 516. The first kappa shape index (κ1) is 18.7. The lowest BCUT2D eigenvalue weighted by Crippen LogP contribution is -2.37. The third-order valence-corrected chi connectivity index (χ3v) is 4.08. The third-order valence-electron chi connectivity index (χ3n) is 4.08. The predicted molar refractivity (Wildman–Crippen MR) is 98.5 cm³/mol. The van der Waals surface area contributed by atoms with E-state index in [-0.39, 0.29) is 11.4 Å². The van der Waals surface area contributed by atoms with Crippen LogP contribution in [0.3, 0.4) is 0 Å². The molecule has 1 N–H and O–H groups in total. The fourth-order valence-electron chi connectivity index (χ4n) is 2.87. The zero-order valence-corrected chi connectivity index (χ0v) is 15.5. The quantitative estimate of drug-likeness (QED) is 0.901. The molecule has 1 fully saturated rings. The van der Waals surface area contributed by atoms with Crippen LogP contribution >= 0.6 is 0 Å². The van der Waals surface area contributed by atoms with E-state index in [0.717, 1.165) is 51.5 Å². The van der Waals surface area contributed by atoms with Crippen LogP contribution in [0.15, 0.2) is 24.3 Å². The molecular formula is C19H31N3O2. The minimum Gasteiger partial charge on any atom is -0.379 e. The maximum atomic E-state index is 12.2. The second-order valence-electron chi connectivity index (χ2n) is 7.75. The van der Waals surface area contributed by atoms with Crippen molar-refractivity contribution in [3.8, 4) is 0 Å². The largest absolute Gasteiger partial charge is 0.379 e. The Morgan fingerprint density at radius 1 is 1.21 bits per heavy atom. The summed E-state index contributed by atoms with van der Waals surface area (Å²) in [6.07, 6.45) is 1.03. The highest BCUT2D eigenvalue weighted by atomic mass is 16.5. The Morgan fingerprint density at radius 3 is 2.42 bits per heavy atom. The molecule has 1 aromatic rings. The maximum absolute atomic E-state index is 12.2. The highest BCUT2D eigenvalue weighted by molar-refractivity contribution is 5.89. The zero-order valence-electron chi connectivity index (χ0n) is 15.5. The van der Waals surface area contributed by atoms with E-state index in [4.69, 9.17) is 4.74 Å². The smallest absolute Gasteiger partial charge is 0.321 e. The predicted octanol–water partition coefficient (Wildman–Crippen LogP) is 3.07. The lowest BCUT2D eigenvalue weighted by Gasteiger charge is -2.27. The Morgan fingerprint density at radius 2 is 1.83 bits per heavy atom. The minimum atomic E-state index is -0.0639. The van der Waals surface area contributed by atoms with Gasteiger partial charge in [0.1, 0.15) is 0 Å². The molecule has 1 aromatic carbocycles. The number of amides is 2. The van der Waals surface area contributed by atoms with Gasteiger partial charge in [0.25, 0.3) is 0 Å². The van der Waals surface area contributed by atoms with Crippen LogP contribution in [0, 0.1) is 5.41 Å². The SMILES string of the molecule is CN(CC(C)(C)C)C(=O)Nc1ccc(CCN2CCOCC2)cc1. The van der Waals surface area contributed by atoms with Gasteiger partial charge in [-0.1, -0.05) is 32.9 Å². The fourth-order valence-corrected chi connectivity index (χ4v) is 2.87. The lowest BCUT2D eigenvalue weighted by molar-refractivity contribution is 0.0384. The Labute approximate surface area is 146 Å². The van der Waals surface area contributed by atoms with Crippen LogP contribution in [0.1, 0.15) is 26.3 Å². The molecule has 0 spiro atoms. The van der Waals surface area contributed by atoms with Crippen molar-refractivity contribution in [3.05, 3.63) is 29.8 Å².